The van der Waals surface area contributed by atoms with Crippen molar-refractivity contribution in [1.29, 1.82) is 0 Å². The molecule has 1 aromatic heterocycles. The monoisotopic (exact) mass is 412 g/mol. The smallest absolute Gasteiger partial charge is 0.338 e. The van der Waals surface area contributed by atoms with Crippen molar-refractivity contribution in [2.24, 2.45) is 0 Å². The number of benzene rings is 1. The van der Waals surface area contributed by atoms with E-state index in [9.17, 15) is 13.2 Å². The highest BCUT2D eigenvalue weighted by Crippen LogP contribution is 2.30. The van der Waals surface area contributed by atoms with Gasteiger partial charge in [0.2, 0.25) is 11.7 Å². The lowest BCUT2D eigenvalue weighted by atomic mass is 10.0. The number of likely N-dealkylation sites (tertiary alicyclic amines) is 1. The molecule has 0 radical (unpaired) electrons. The zero-order valence-electron chi connectivity index (χ0n) is 15.5. The fourth-order valence-electron chi connectivity index (χ4n) is 3.82. The van der Waals surface area contributed by atoms with Gasteiger partial charge in [0.05, 0.1) is 12.1 Å². The predicted molar refractivity (Wildman–Crippen MR) is 102 cm³/mol. The van der Waals surface area contributed by atoms with Crippen LogP contribution in [0.1, 0.15) is 24.3 Å². The molecule has 2 aliphatic rings. The van der Waals surface area contributed by atoms with Gasteiger partial charge in [-0.3, -0.25) is 9.80 Å². The molecule has 4 rings (SSSR count). The summed E-state index contributed by atoms with van der Waals surface area (Å²) in [6, 6.07) is 5.49. The van der Waals surface area contributed by atoms with Gasteiger partial charge in [-0.15, -0.1) is 0 Å². The van der Waals surface area contributed by atoms with E-state index >= 15 is 0 Å². The second-order valence-electron chi connectivity index (χ2n) is 7.24. The molecule has 2 aliphatic heterocycles. The van der Waals surface area contributed by atoms with Gasteiger partial charge in [0.1, 0.15) is 0 Å². The minimum atomic E-state index is -4.35. The summed E-state index contributed by atoms with van der Waals surface area (Å²) in [7, 11) is 0. The van der Waals surface area contributed by atoms with Crippen LogP contribution in [-0.2, 0) is 12.7 Å². The lowest BCUT2D eigenvalue weighted by molar-refractivity contribution is -0.137. The topological polar surface area (TPSA) is 45.4 Å². The summed E-state index contributed by atoms with van der Waals surface area (Å²) in [5.74, 6) is 3.29. The summed E-state index contributed by atoms with van der Waals surface area (Å²) >= 11 is 2.03. The van der Waals surface area contributed by atoms with Gasteiger partial charge in [0, 0.05) is 49.3 Å². The lowest BCUT2D eigenvalue weighted by Crippen LogP contribution is -2.47. The molecule has 0 N–H and O–H groups in total. The Labute approximate surface area is 166 Å². The number of nitrogens with zero attached hydrogens (tertiary/aromatic N) is 4. The number of aromatic nitrogens is 2. The summed E-state index contributed by atoms with van der Waals surface area (Å²) < 4.78 is 43.3. The number of piperidine rings is 1. The maximum atomic E-state index is 12.7. The Morgan fingerprint density at radius 1 is 1.04 bits per heavy atom. The van der Waals surface area contributed by atoms with Gasteiger partial charge in [-0.1, -0.05) is 17.3 Å². The molecule has 0 unspecified atom stereocenters. The van der Waals surface area contributed by atoms with Crippen LogP contribution in [0.25, 0.3) is 11.4 Å². The molecule has 2 fully saturated rings. The summed E-state index contributed by atoms with van der Waals surface area (Å²) in [5.41, 5.74) is -0.167. The van der Waals surface area contributed by atoms with Crippen LogP contribution in [0.15, 0.2) is 28.8 Å². The number of halogens is 3. The molecule has 0 saturated carbocycles. The van der Waals surface area contributed by atoms with Crippen LogP contribution in [0.4, 0.5) is 13.2 Å². The molecule has 1 aromatic carbocycles. The highest BCUT2D eigenvalue weighted by Gasteiger charge is 2.30. The Bertz CT molecular complexity index is 766. The van der Waals surface area contributed by atoms with Crippen LogP contribution in [0, 0.1) is 0 Å². The van der Waals surface area contributed by atoms with E-state index in [4.69, 9.17) is 4.52 Å². The first-order valence-corrected chi connectivity index (χ1v) is 10.7. The maximum Gasteiger partial charge on any atom is 0.416 e. The summed E-state index contributed by atoms with van der Waals surface area (Å²) in [6.45, 7) is 4.94. The number of thioether (sulfide) groups is 1. The van der Waals surface area contributed by atoms with Gasteiger partial charge >= 0.3 is 6.18 Å². The number of rotatable bonds is 4. The van der Waals surface area contributed by atoms with Gasteiger partial charge in [-0.25, -0.2) is 0 Å². The molecular formula is C19H23F3N4OS. The minimum Gasteiger partial charge on any atom is -0.338 e. The summed E-state index contributed by atoms with van der Waals surface area (Å²) in [5, 5.41) is 3.93. The van der Waals surface area contributed by atoms with Crippen LogP contribution < -0.4 is 0 Å². The third-order valence-electron chi connectivity index (χ3n) is 5.42. The van der Waals surface area contributed by atoms with E-state index in [1.165, 1.54) is 36.7 Å². The second kappa shape index (κ2) is 8.42. The van der Waals surface area contributed by atoms with Gasteiger partial charge in [-0.2, -0.15) is 29.9 Å². The zero-order valence-corrected chi connectivity index (χ0v) is 16.3. The van der Waals surface area contributed by atoms with Gasteiger partial charge in [-0.05, 0) is 25.0 Å². The van der Waals surface area contributed by atoms with Crippen LogP contribution in [0.5, 0.6) is 0 Å². The number of hydrogen-bond donors (Lipinski definition) is 0. The highest BCUT2D eigenvalue weighted by molar-refractivity contribution is 7.99. The van der Waals surface area contributed by atoms with Crippen LogP contribution in [0.2, 0.25) is 0 Å². The largest absolute Gasteiger partial charge is 0.416 e. The van der Waals surface area contributed by atoms with Crippen molar-refractivity contribution in [3.8, 4) is 11.4 Å². The molecule has 0 atom stereocenters. The van der Waals surface area contributed by atoms with Crippen molar-refractivity contribution in [3.05, 3.63) is 35.7 Å². The third kappa shape index (κ3) is 4.69. The van der Waals surface area contributed by atoms with Gasteiger partial charge < -0.3 is 4.52 Å². The quantitative estimate of drug-likeness (QED) is 0.762. The Kier molecular flexibility index (Phi) is 5.93. The SMILES string of the molecule is FC(F)(F)c1ccc(-c2noc(CN3CCC(N4CCSCC4)CC3)n2)cc1. The van der Waals surface area contributed by atoms with Crippen molar-refractivity contribution in [3.63, 3.8) is 0 Å². The molecule has 9 heteroatoms. The molecule has 2 aromatic rings. The van der Waals surface area contributed by atoms with E-state index in [0.717, 1.165) is 38.1 Å². The minimum absolute atomic E-state index is 0.324. The zero-order chi connectivity index (χ0) is 19.6. The van der Waals surface area contributed by atoms with E-state index in [1.807, 2.05) is 11.8 Å². The number of hydrogen-bond acceptors (Lipinski definition) is 6. The normalized spacial score (nSPS) is 20.5. The van der Waals surface area contributed by atoms with E-state index in [1.54, 1.807) is 0 Å². The van der Waals surface area contributed by atoms with Crippen molar-refractivity contribution < 1.29 is 17.7 Å². The first kappa shape index (κ1) is 19.7. The van der Waals surface area contributed by atoms with Crippen molar-refractivity contribution in [2.75, 3.05) is 37.7 Å². The Hall–Kier alpha value is -1.58. The fourth-order valence-corrected chi connectivity index (χ4v) is 4.75. The van der Waals surface area contributed by atoms with E-state index in [0.29, 0.717) is 29.9 Å². The standard InChI is InChI=1S/C19H23F3N4OS/c20-19(21,22)15-3-1-14(2-4-15)18-23-17(27-24-18)13-25-7-5-16(6-8-25)26-9-11-28-12-10-26/h1-4,16H,5-13H2. The van der Waals surface area contributed by atoms with Crippen molar-refractivity contribution >= 4 is 11.8 Å². The molecule has 0 amide bonds. The van der Waals surface area contributed by atoms with Crippen molar-refractivity contribution in [1.82, 2.24) is 19.9 Å². The van der Waals surface area contributed by atoms with E-state index in [-0.39, 0.29) is 0 Å². The average molecular weight is 412 g/mol. The molecule has 28 heavy (non-hydrogen) atoms. The number of alkyl halides is 3. The molecule has 152 valence electrons. The highest BCUT2D eigenvalue weighted by atomic mass is 32.2. The van der Waals surface area contributed by atoms with Crippen LogP contribution in [-0.4, -0.2) is 63.7 Å². The molecule has 0 aliphatic carbocycles. The predicted octanol–water partition coefficient (Wildman–Crippen LogP) is 3.77. The third-order valence-corrected chi connectivity index (χ3v) is 6.36. The summed E-state index contributed by atoms with van der Waals surface area (Å²) in [4.78, 5) is 9.28. The molecule has 0 bridgehead atoms. The van der Waals surface area contributed by atoms with Crippen LogP contribution >= 0.6 is 11.8 Å². The molecule has 2 saturated heterocycles. The summed E-state index contributed by atoms with van der Waals surface area (Å²) in [6.07, 6.45) is -2.06. The lowest BCUT2D eigenvalue weighted by Gasteiger charge is -2.39. The Morgan fingerprint density at radius 3 is 2.36 bits per heavy atom. The Morgan fingerprint density at radius 2 is 1.71 bits per heavy atom. The first-order chi connectivity index (χ1) is 13.5. The second-order valence-corrected chi connectivity index (χ2v) is 8.47. The van der Waals surface area contributed by atoms with Crippen LogP contribution in [0.3, 0.4) is 0 Å². The Balaban J connectivity index is 1.31. The van der Waals surface area contributed by atoms with Crippen molar-refractivity contribution in [2.45, 2.75) is 31.6 Å². The van der Waals surface area contributed by atoms with Gasteiger partial charge in [0.25, 0.3) is 0 Å². The van der Waals surface area contributed by atoms with E-state index in [2.05, 4.69) is 19.9 Å². The fraction of sp³-hybridized carbons (Fsp3) is 0.579. The average Bonchev–Trinajstić information content (AvgIpc) is 3.17. The maximum absolute atomic E-state index is 12.7. The first-order valence-electron chi connectivity index (χ1n) is 9.53. The molecule has 3 heterocycles. The molecular weight excluding hydrogens is 389 g/mol. The molecule has 0 spiro atoms. The van der Waals surface area contributed by atoms with E-state index < -0.39 is 11.7 Å². The molecule has 5 nitrogen and oxygen atoms in total. The van der Waals surface area contributed by atoms with Gasteiger partial charge in [0.15, 0.2) is 0 Å².